The maximum atomic E-state index is 11.2. The molecule has 1 aromatic heterocycles. The second-order valence-corrected chi connectivity index (χ2v) is 4.75. The van der Waals surface area contributed by atoms with Crippen molar-refractivity contribution in [1.29, 1.82) is 0 Å². The lowest BCUT2D eigenvalue weighted by molar-refractivity contribution is -0.113. The van der Waals surface area contributed by atoms with Crippen LogP contribution in [0.1, 0.15) is 24.7 Å². The number of halogens is 1. The van der Waals surface area contributed by atoms with Gasteiger partial charge in [0.1, 0.15) is 5.52 Å². The Kier molecular flexibility index (Phi) is 2.63. The van der Waals surface area contributed by atoms with E-state index >= 15 is 0 Å². The number of hydrogen-bond donors (Lipinski definition) is 1. The summed E-state index contributed by atoms with van der Waals surface area (Å²) in [4.78, 5) is 15.7. The van der Waals surface area contributed by atoms with Gasteiger partial charge < -0.3 is 9.73 Å². The first-order valence-electron chi connectivity index (χ1n) is 5.52. The van der Waals surface area contributed by atoms with E-state index < -0.39 is 0 Å². The number of oxazole rings is 1. The summed E-state index contributed by atoms with van der Waals surface area (Å²) in [5, 5.41) is 3.06. The lowest BCUT2D eigenvalue weighted by atomic mass is 10.3. The summed E-state index contributed by atoms with van der Waals surface area (Å²) in [5.74, 6) is 1.25. The fourth-order valence-electron chi connectivity index (χ4n) is 1.72. The van der Waals surface area contributed by atoms with Crippen LogP contribution in [0.4, 0.5) is 5.69 Å². The summed E-state index contributed by atoms with van der Waals surface area (Å²) < 4.78 is 5.65. The van der Waals surface area contributed by atoms with Gasteiger partial charge in [-0.3, -0.25) is 4.79 Å². The van der Waals surface area contributed by atoms with E-state index in [2.05, 4.69) is 26.2 Å². The first kappa shape index (κ1) is 10.8. The van der Waals surface area contributed by atoms with E-state index in [1.54, 1.807) is 0 Å². The van der Waals surface area contributed by atoms with Gasteiger partial charge in [-0.15, -0.1) is 0 Å². The van der Waals surface area contributed by atoms with Crippen LogP contribution in [-0.4, -0.2) is 16.2 Å². The van der Waals surface area contributed by atoms with Gasteiger partial charge in [0.15, 0.2) is 11.5 Å². The van der Waals surface area contributed by atoms with Crippen LogP contribution in [0.25, 0.3) is 11.1 Å². The smallest absolute Gasteiger partial charge is 0.235 e. The second kappa shape index (κ2) is 4.14. The van der Waals surface area contributed by atoms with Crippen LogP contribution in [0.5, 0.6) is 0 Å². The average molecular weight is 295 g/mol. The molecule has 2 aromatic rings. The number of nitrogens with one attached hydrogen (secondary N) is 1. The Hall–Kier alpha value is -1.36. The predicted octanol–water partition coefficient (Wildman–Crippen LogP) is 3.04. The van der Waals surface area contributed by atoms with Crippen molar-refractivity contribution >= 4 is 38.6 Å². The monoisotopic (exact) mass is 294 g/mol. The zero-order valence-corrected chi connectivity index (χ0v) is 10.7. The largest absolute Gasteiger partial charge is 0.440 e. The summed E-state index contributed by atoms with van der Waals surface area (Å²) in [6, 6.07) is 5.51. The highest BCUT2D eigenvalue weighted by atomic mass is 79.9. The molecule has 1 heterocycles. The van der Waals surface area contributed by atoms with Crippen LogP contribution in [0.15, 0.2) is 22.6 Å². The topological polar surface area (TPSA) is 55.1 Å². The van der Waals surface area contributed by atoms with Crippen LogP contribution in [0.3, 0.4) is 0 Å². The van der Waals surface area contributed by atoms with E-state index in [4.69, 9.17) is 4.42 Å². The molecule has 0 radical (unpaired) electrons. The zero-order chi connectivity index (χ0) is 11.8. The standard InChI is InChI=1S/C12H11BrN2O2/c13-6-11(16)14-8-3-4-10-9(5-8)15-12(17-10)7-1-2-7/h3-5,7H,1-2,6H2,(H,14,16). The van der Waals surface area contributed by atoms with Gasteiger partial charge in [0.25, 0.3) is 0 Å². The molecule has 17 heavy (non-hydrogen) atoms. The number of anilines is 1. The molecule has 88 valence electrons. The summed E-state index contributed by atoms with van der Waals surface area (Å²) >= 11 is 3.11. The first-order valence-corrected chi connectivity index (χ1v) is 6.65. The number of aromatic nitrogens is 1. The summed E-state index contributed by atoms with van der Waals surface area (Å²) in [6.07, 6.45) is 2.33. The van der Waals surface area contributed by atoms with E-state index in [0.717, 1.165) is 22.7 Å². The number of nitrogens with zero attached hydrogens (tertiary/aromatic N) is 1. The van der Waals surface area contributed by atoms with Crippen LogP contribution >= 0.6 is 15.9 Å². The molecule has 3 rings (SSSR count). The number of hydrogen-bond acceptors (Lipinski definition) is 3. The molecule has 1 N–H and O–H groups in total. The van der Waals surface area contributed by atoms with Gasteiger partial charge >= 0.3 is 0 Å². The van der Waals surface area contributed by atoms with E-state index in [-0.39, 0.29) is 11.2 Å². The Morgan fingerprint density at radius 1 is 1.53 bits per heavy atom. The molecule has 0 atom stereocenters. The van der Waals surface area contributed by atoms with Gasteiger partial charge in [-0.2, -0.15) is 0 Å². The van der Waals surface area contributed by atoms with E-state index in [1.165, 1.54) is 12.8 Å². The number of alkyl halides is 1. The minimum Gasteiger partial charge on any atom is -0.440 e. The molecule has 0 aliphatic heterocycles. The SMILES string of the molecule is O=C(CBr)Nc1ccc2oc(C3CC3)nc2c1. The highest BCUT2D eigenvalue weighted by Gasteiger charge is 2.28. The van der Waals surface area contributed by atoms with Crippen molar-refractivity contribution in [2.75, 3.05) is 10.6 Å². The quantitative estimate of drug-likeness (QED) is 0.885. The van der Waals surface area contributed by atoms with Crippen molar-refractivity contribution in [3.8, 4) is 0 Å². The minimum atomic E-state index is -0.0738. The number of carbonyl (C=O) groups is 1. The van der Waals surface area contributed by atoms with Crippen molar-refractivity contribution in [2.24, 2.45) is 0 Å². The van der Waals surface area contributed by atoms with Gasteiger partial charge in [-0.05, 0) is 31.0 Å². The molecule has 1 aromatic carbocycles. The average Bonchev–Trinajstić information content (AvgIpc) is 3.09. The van der Waals surface area contributed by atoms with Crippen LogP contribution < -0.4 is 5.32 Å². The molecule has 0 unspecified atom stereocenters. The Labute approximate surface area is 107 Å². The number of benzene rings is 1. The third-order valence-corrected chi connectivity index (χ3v) is 3.25. The summed E-state index contributed by atoms with van der Waals surface area (Å²) in [6.45, 7) is 0. The fraction of sp³-hybridized carbons (Fsp3) is 0.333. The maximum Gasteiger partial charge on any atom is 0.235 e. The van der Waals surface area contributed by atoms with Gasteiger partial charge in [-0.25, -0.2) is 4.98 Å². The van der Waals surface area contributed by atoms with Crippen LogP contribution in [0.2, 0.25) is 0 Å². The number of carbonyl (C=O) groups excluding carboxylic acids is 1. The zero-order valence-electron chi connectivity index (χ0n) is 9.07. The molecule has 0 saturated heterocycles. The molecule has 1 saturated carbocycles. The van der Waals surface area contributed by atoms with Gasteiger partial charge in [0.05, 0.1) is 5.33 Å². The van der Waals surface area contributed by atoms with E-state index in [1.807, 2.05) is 18.2 Å². The maximum absolute atomic E-state index is 11.2. The highest BCUT2D eigenvalue weighted by Crippen LogP contribution is 2.40. The Bertz CT molecular complexity index is 575. The minimum absolute atomic E-state index is 0.0738. The fourth-order valence-corrected chi connectivity index (χ4v) is 1.86. The first-order chi connectivity index (χ1) is 8.26. The molecule has 0 spiro atoms. The molecule has 4 nitrogen and oxygen atoms in total. The Morgan fingerprint density at radius 3 is 3.06 bits per heavy atom. The van der Waals surface area contributed by atoms with Crippen molar-refractivity contribution in [1.82, 2.24) is 4.98 Å². The lowest BCUT2D eigenvalue weighted by Crippen LogP contribution is -2.11. The number of fused-ring (bicyclic) bond motifs is 1. The molecule has 5 heteroatoms. The molecular formula is C12H11BrN2O2. The van der Waals surface area contributed by atoms with Crippen molar-refractivity contribution in [3.63, 3.8) is 0 Å². The van der Waals surface area contributed by atoms with Crippen molar-refractivity contribution < 1.29 is 9.21 Å². The third-order valence-electron chi connectivity index (χ3n) is 2.74. The lowest BCUT2D eigenvalue weighted by Gasteiger charge is -2.01. The highest BCUT2D eigenvalue weighted by molar-refractivity contribution is 9.09. The number of rotatable bonds is 3. The third kappa shape index (κ3) is 2.20. The normalized spacial score (nSPS) is 15.1. The van der Waals surface area contributed by atoms with E-state index in [9.17, 15) is 4.79 Å². The van der Waals surface area contributed by atoms with E-state index in [0.29, 0.717) is 5.92 Å². The Morgan fingerprint density at radius 2 is 2.35 bits per heavy atom. The van der Waals surface area contributed by atoms with Gasteiger partial charge in [0.2, 0.25) is 5.91 Å². The molecular weight excluding hydrogens is 284 g/mol. The molecule has 1 fully saturated rings. The predicted molar refractivity (Wildman–Crippen MR) is 68.4 cm³/mol. The molecule has 0 bridgehead atoms. The summed E-state index contributed by atoms with van der Waals surface area (Å²) in [5.41, 5.74) is 2.33. The van der Waals surface area contributed by atoms with Gasteiger partial charge in [-0.1, -0.05) is 15.9 Å². The Balaban J connectivity index is 1.91. The van der Waals surface area contributed by atoms with Crippen LogP contribution in [-0.2, 0) is 4.79 Å². The molecule has 1 amide bonds. The summed E-state index contributed by atoms with van der Waals surface area (Å²) in [7, 11) is 0. The molecule has 1 aliphatic rings. The van der Waals surface area contributed by atoms with Crippen LogP contribution in [0, 0.1) is 0 Å². The van der Waals surface area contributed by atoms with Crippen molar-refractivity contribution in [3.05, 3.63) is 24.1 Å². The second-order valence-electron chi connectivity index (χ2n) is 4.19. The molecule has 1 aliphatic carbocycles. The number of amides is 1. The van der Waals surface area contributed by atoms with Gasteiger partial charge in [0, 0.05) is 11.6 Å². The van der Waals surface area contributed by atoms with Crippen molar-refractivity contribution in [2.45, 2.75) is 18.8 Å².